The summed E-state index contributed by atoms with van der Waals surface area (Å²) in [6.07, 6.45) is -0.296. The Kier molecular flexibility index (Phi) is 5.78. The van der Waals surface area contributed by atoms with Crippen molar-refractivity contribution in [2.45, 2.75) is 26.0 Å². The van der Waals surface area contributed by atoms with Gasteiger partial charge in [0.1, 0.15) is 0 Å². The van der Waals surface area contributed by atoms with Crippen LogP contribution in [0.2, 0.25) is 0 Å². The number of morpholine rings is 1. The molecule has 0 amide bonds. The molecule has 0 aromatic heterocycles. The number of hydrogen-bond donors (Lipinski definition) is 0. The van der Waals surface area contributed by atoms with E-state index in [0.717, 1.165) is 5.56 Å². The Balaban J connectivity index is 2.14. The van der Waals surface area contributed by atoms with Crippen LogP contribution in [0.4, 0.5) is 0 Å². The van der Waals surface area contributed by atoms with E-state index in [9.17, 15) is 13.2 Å². The maximum atomic E-state index is 12.7. The number of esters is 1. The molecule has 1 fully saturated rings. The molecular formula is C16H23NO5S. The van der Waals surface area contributed by atoms with E-state index in [1.165, 1.54) is 11.4 Å². The Bertz CT molecular complexity index is 631. The summed E-state index contributed by atoms with van der Waals surface area (Å²) in [6.45, 7) is 3.94. The predicted octanol–water partition coefficient (Wildman–Crippen LogP) is 1.59. The smallest absolute Gasteiger partial charge is 0.309 e. The van der Waals surface area contributed by atoms with Crippen molar-refractivity contribution in [1.29, 1.82) is 0 Å². The average Bonchev–Trinajstić information content (AvgIpc) is 2.54. The summed E-state index contributed by atoms with van der Waals surface area (Å²) in [6, 6.07) is 9.28. The molecule has 0 N–H and O–H groups in total. The SMILES string of the molecule is COC(=O)[C@H](C)CS(=O)(=O)N1C[C@H](c2ccccc2)OC[C@@H]1C. The van der Waals surface area contributed by atoms with Gasteiger partial charge in [0.25, 0.3) is 0 Å². The molecule has 0 aliphatic carbocycles. The standard InChI is InChI=1S/C16H23NO5S/c1-12(16(18)21-3)11-23(19,20)17-9-15(22-10-13(17)2)14-7-5-4-6-8-14/h4-8,12-13,15H,9-11H2,1-3H3/t12-,13+,15-/m1/s1. The lowest BCUT2D eigenvalue weighted by Gasteiger charge is -2.37. The molecule has 7 heteroatoms. The fourth-order valence-corrected chi connectivity index (χ4v) is 4.60. The van der Waals surface area contributed by atoms with Crippen LogP contribution >= 0.6 is 0 Å². The van der Waals surface area contributed by atoms with Gasteiger partial charge in [-0.2, -0.15) is 4.31 Å². The molecule has 6 nitrogen and oxygen atoms in total. The molecule has 1 aliphatic rings. The van der Waals surface area contributed by atoms with Crippen LogP contribution in [0.3, 0.4) is 0 Å². The largest absolute Gasteiger partial charge is 0.469 e. The second-order valence-electron chi connectivity index (χ2n) is 5.85. The summed E-state index contributed by atoms with van der Waals surface area (Å²) in [5.74, 6) is -1.48. The Morgan fingerprint density at radius 3 is 2.65 bits per heavy atom. The molecule has 0 spiro atoms. The first-order valence-electron chi connectivity index (χ1n) is 7.59. The van der Waals surface area contributed by atoms with Gasteiger partial charge >= 0.3 is 5.97 Å². The van der Waals surface area contributed by atoms with Crippen molar-refractivity contribution >= 4 is 16.0 Å². The maximum Gasteiger partial charge on any atom is 0.309 e. The normalized spacial score (nSPS) is 24.1. The Hall–Kier alpha value is -1.44. The fraction of sp³-hybridized carbons (Fsp3) is 0.562. The van der Waals surface area contributed by atoms with Gasteiger partial charge in [-0.25, -0.2) is 8.42 Å². The third-order valence-electron chi connectivity index (χ3n) is 3.97. The molecule has 1 heterocycles. The van der Waals surface area contributed by atoms with Crippen LogP contribution in [-0.4, -0.2) is 50.7 Å². The number of benzene rings is 1. The zero-order valence-corrected chi connectivity index (χ0v) is 14.5. The third-order valence-corrected chi connectivity index (χ3v) is 6.11. The molecule has 1 saturated heterocycles. The predicted molar refractivity (Wildman–Crippen MR) is 86.3 cm³/mol. The van der Waals surface area contributed by atoms with Gasteiger partial charge in [-0.05, 0) is 12.5 Å². The molecule has 1 aromatic carbocycles. The highest BCUT2D eigenvalue weighted by molar-refractivity contribution is 7.89. The summed E-state index contributed by atoms with van der Waals surface area (Å²) in [4.78, 5) is 11.5. The van der Waals surface area contributed by atoms with Crippen molar-refractivity contribution in [3.63, 3.8) is 0 Å². The zero-order valence-electron chi connectivity index (χ0n) is 13.6. The molecule has 3 atom stereocenters. The number of carbonyl (C=O) groups excluding carboxylic acids is 1. The number of ether oxygens (including phenoxy) is 2. The van der Waals surface area contributed by atoms with Crippen molar-refractivity contribution in [3.8, 4) is 0 Å². The Labute approximate surface area is 137 Å². The lowest BCUT2D eigenvalue weighted by molar-refractivity contribution is -0.144. The average molecular weight is 341 g/mol. The number of nitrogens with zero attached hydrogens (tertiary/aromatic N) is 1. The summed E-state index contributed by atoms with van der Waals surface area (Å²) >= 11 is 0. The van der Waals surface area contributed by atoms with Crippen molar-refractivity contribution < 1.29 is 22.7 Å². The van der Waals surface area contributed by atoms with Crippen LogP contribution in [0, 0.1) is 5.92 Å². The third kappa shape index (κ3) is 4.31. The van der Waals surface area contributed by atoms with Crippen molar-refractivity contribution in [2.24, 2.45) is 5.92 Å². The second-order valence-corrected chi connectivity index (χ2v) is 7.82. The van der Waals surface area contributed by atoms with Crippen molar-refractivity contribution in [3.05, 3.63) is 35.9 Å². The lowest BCUT2D eigenvalue weighted by Crippen LogP contribution is -2.49. The number of sulfonamides is 1. The molecule has 128 valence electrons. The highest BCUT2D eigenvalue weighted by Gasteiger charge is 2.36. The van der Waals surface area contributed by atoms with E-state index in [0.29, 0.717) is 6.61 Å². The van der Waals surface area contributed by atoms with Crippen molar-refractivity contribution in [1.82, 2.24) is 4.31 Å². The number of hydrogen-bond acceptors (Lipinski definition) is 5. The van der Waals surface area contributed by atoms with E-state index in [1.54, 1.807) is 6.92 Å². The zero-order chi connectivity index (χ0) is 17.0. The van der Waals surface area contributed by atoms with Crippen LogP contribution in [0.25, 0.3) is 0 Å². The van der Waals surface area contributed by atoms with Crippen LogP contribution in [-0.2, 0) is 24.3 Å². The molecule has 0 bridgehead atoms. The summed E-state index contributed by atoms with van der Waals surface area (Å²) in [5.41, 5.74) is 0.945. The number of rotatable bonds is 5. The minimum Gasteiger partial charge on any atom is -0.469 e. The van der Waals surface area contributed by atoms with E-state index in [2.05, 4.69) is 4.74 Å². The van der Waals surface area contributed by atoms with E-state index in [4.69, 9.17) is 4.74 Å². The molecule has 0 unspecified atom stereocenters. The molecule has 23 heavy (non-hydrogen) atoms. The minimum absolute atomic E-state index is 0.251. The molecule has 0 radical (unpaired) electrons. The Morgan fingerprint density at radius 1 is 1.39 bits per heavy atom. The lowest BCUT2D eigenvalue weighted by atomic mass is 10.1. The summed E-state index contributed by atoms with van der Waals surface area (Å²) < 4.78 is 37.2. The molecular weight excluding hydrogens is 318 g/mol. The quantitative estimate of drug-likeness (QED) is 0.761. The monoisotopic (exact) mass is 341 g/mol. The first kappa shape index (κ1) is 17.9. The highest BCUT2D eigenvalue weighted by atomic mass is 32.2. The first-order chi connectivity index (χ1) is 10.8. The minimum atomic E-state index is -3.58. The summed E-state index contributed by atoms with van der Waals surface area (Å²) in [5, 5.41) is 0. The number of methoxy groups -OCH3 is 1. The number of carbonyl (C=O) groups is 1. The van der Waals surface area contributed by atoms with E-state index in [1.807, 2.05) is 37.3 Å². The van der Waals surface area contributed by atoms with Gasteiger partial charge in [-0.15, -0.1) is 0 Å². The van der Waals surface area contributed by atoms with E-state index < -0.39 is 21.9 Å². The van der Waals surface area contributed by atoms with Gasteiger partial charge in [-0.1, -0.05) is 37.3 Å². The Morgan fingerprint density at radius 2 is 2.04 bits per heavy atom. The van der Waals surface area contributed by atoms with Gasteiger partial charge in [0.2, 0.25) is 10.0 Å². The van der Waals surface area contributed by atoms with Crippen LogP contribution < -0.4 is 0 Å². The maximum absolute atomic E-state index is 12.7. The molecule has 1 aromatic rings. The first-order valence-corrected chi connectivity index (χ1v) is 9.20. The molecule has 0 saturated carbocycles. The fourth-order valence-electron chi connectivity index (χ4n) is 2.67. The van der Waals surface area contributed by atoms with E-state index in [-0.39, 0.29) is 24.4 Å². The molecule has 1 aliphatic heterocycles. The van der Waals surface area contributed by atoms with Crippen LogP contribution in [0.15, 0.2) is 30.3 Å². The van der Waals surface area contributed by atoms with Crippen molar-refractivity contribution in [2.75, 3.05) is 26.0 Å². The summed E-state index contributed by atoms with van der Waals surface area (Å²) in [7, 11) is -2.32. The van der Waals surface area contributed by atoms with Gasteiger partial charge in [-0.3, -0.25) is 4.79 Å². The van der Waals surface area contributed by atoms with Gasteiger partial charge in [0.05, 0.1) is 31.5 Å². The van der Waals surface area contributed by atoms with Gasteiger partial charge in [0.15, 0.2) is 0 Å². The van der Waals surface area contributed by atoms with E-state index >= 15 is 0 Å². The van der Waals surface area contributed by atoms with Gasteiger partial charge < -0.3 is 9.47 Å². The van der Waals surface area contributed by atoms with Crippen LogP contribution in [0.5, 0.6) is 0 Å². The highest BCUT2D eigenvalue weighted by Crippen LogP contribution is 2.27. The second kappa shape index (κ2) is 7.42. The topological polar surface area (TPSA) is 72.9 Å². The molecule has 2 rings (SSSR count). The van der Waals surface area contributed by atoms with Gasteiger partial charge in [0, 0.05) is 12.6 Å². The van der Waals surface area contributed by atoms with Crippen LogP contribution in [0.1, 0.15) is 25.5 Å².